The molecule has 344 valence electrons. The first kappa shape index (κ1) is 47.0. The van der Waals surface area contributed by atoms with E-state index in [2.05, 4.69) is 234 Å². The van der Waals surface area contributed by atoms with Gasteiger partial charge in [0.05, 0.1) is 22.3 Å². The van der Waals surface area contributed by atoms with Gasteiger partial charge >= 0.3 is 0 Å². The van der Waals surface area contributed by atoms with Gasteiger partial charge in [0, 0.05) is 38.5 Å². The van der Waals surface area contributed by atoms with Gasteiger partial charge in [-0.05, 0) is 105 Å². The average Bonchev–Trinajstić information content (AvgIpc) is 3.76. The number of hydrogen-bond donors (Lipinski definition) is 1. The Morgan fingerprint density at radius 1 is 0.507 bits per heavy atom. The molecule has 0 aliphatic carbocycles. The molecule has 0 aliphatic rings. The minimum absolute atomic E-state index is 0. The summed E-state index contributed by atoms with van der Waals surface area (Å²) in [6.07, 6.45) is 2.86. The molecule has 5 heteroatoms. The van der Waals surface area contributed by atoms with Crippen LogP contribution in [0.3, 0.4) is 0 Å². The van der Waals surface area contributed by atoms with Crippen molar-refractivity contribution in [2.24, 2.45) is 5.92 Å². The predicted octanol–water partition coefficient (Wildman–Crippen LogP) is 17.0. The SMILES string of the molecule is CC(C)Cc1ccc(-n2c(-c3cc(C(C)C)cc(C(C)C)c3O)nc3c(-c4[c-]c(-c5cc(-c6ccc(-c7ccccc7)cc6)ccn5)cc(-c5ccccc5)c4)cccc32)c(-c2ccccc2)c1.[Pt]. The van der Waals surface area contributed by atoms with E-state index in [-0.39, 0.29) is 38.7 Å². The quantitative estimate of drug-likeness (QED) is 0.124. The van der Waals surface area contributed by atoms with Crippen LogP contribution in [0.15, 0.2) is 194 Å². The number of nitrogens with zero attached hydrogens (tertiary/aromatic N) is 3. The summed E-state index contributed by atoms with van der Waals surface area (Å²) in [6.45, 7) is 13.2. The third-order valence-electron chi connectivity index (χ3n) is 13.0. The van der Waals surface area contributed by atoms with Gasteiger partial charge in [0.2, 0.25) is 0 Å². The molecule has 0 amide bonds. The summed E-state index contributed by atoms with van der Waals surface area (Å²) >= 11 is 0. The second-order valence-corrected chi connectivity index (χ2v) is 19.0. The first-order chi connectivity index (χ1) is 33.1. The summed E-state index contributed by atoms with van der Waals surface area (Å²) in [6, 6.07) is 70.5. The van der Waals surface area contributed by atoms with Gasteiger partial charge in [0.1, 0.15) is 11.6 Å². The van der Waals surface area contributed by atoms with Gasteiger partial charge in [-0.1, -0.05) is 204 Å². The molecular weight excluding hydrogens is 1020 g/mol. The zero-order valence-electron chi connectivity index (χ0n) is 40.0. The first-order valence-corrected chi connectivity index (χ1v) is 23.9. The number of imidazole rings is 1. The van der Waals surface area contributed by atoms with Gasteiger partial charge in [-0.25, -0.2) is 4.98 Å². The Hall–Kier alpha value is -7.13. The maximum atomic E-state index is 12.4. The molecule has 1 N–H and O–H groups in total. The molecule has 0 unspecified atom stereocenters. The van der Waals surface area contributed by atoms with Crippen molar-refractivity contribution in [1.82, 2.24) is 14.5 Å². The topological polar surface area (TPSA) is 50.9 Å². The van der Waals surface area contributed by atoms with Gasteiger partial charge < -0.3 is 5.11 Å². The predicted molar refractivity (Wildman–Crippen MR) is 284 cm³/mol. The number of aromatic hydroxyl groups is 1. The molecule has 0 fully saturated rings. The zero-order valence-corrected chi connectivity index (χ0v) is 42.3. The molecule has 0 radical (unpaired) electrons. The second kappa shape index (κ2) is 20.2. The Bertz CT molecular complexity index is 3390. The van der Waals surface area contributed by atoms with Crippen LogP contribution >= 0.6 is 0 Å². The summed E-state index contributed by atoms with van der Waals surface area (Å²) < 4.78 is 2.28. The van der Waals surface area contributed by atoms with E-state index in [1.54, 1.807) is 0 Å². The van der Waals surface area contributed by atoms with Gasteiger partial charge in [-0.15, -0.1) is 23.8 Å². The van der Waals surface area contributed by atoms with Crippen molar-refractivity contribution in [3.05, 3.63) is 217 Å². The first-order valence-electron chi connectivity index (χ1n) is 23.9. The molecule has 0 aliphatic heterocycles. The fraction of sp³-hybridized carbons (Fsp3) is 0.156. The maximum Gasteiger partial charge on any atom is 0.148 e. The molecule has 8 aromatic carbocycles. The summed E-state index contributed by atoms with van der Waals surface area (Å²) in [5.74, 6) is 1.80. The molecule has 0 saturated carbocycles. The average molecular weight is 1080 g/mol. The third kappa shape index (κ3) is 9.65. The maximum absolute atomic E-state index is 12.4. The van der Waals surface area contributed by atoms with E-state index >= 15 is 0 Å². The number of pyridine rings is 1. The van der Waals surface area contributed by atoms with Crippen LogP contribution < -0.4 is 0 Å². The Labute approximate surface area is 421 Å². The van der Waals surface area contributed by atoms with Crippen molar-refractivity contribution in [2.45, 2.75) is 59.8 Å². The summed E-state index contributed by atoms with van der Waals surface area (Å²) in [7, 11) is 0. The summed E-state index contributed by atoms with van der Waals surface area (Å²) in [5, 5.41) is 12.4. The standard InChI is InChI=1S/C64H56N3O.Pt/c1-41(2)33-44-25-30-60(57(34-44)49-21-14-9-15-22-49)67-61-24-16-23-55(62(61)66-64(67)58-39-51(42(3)4)38-56(43(5)6)63(58)68)53-35-52(46-19-12-8-13-20-46)36-54(37-53)59-40-50(31-32-65-59)48-28-26-47(27-29-48)45-17-10-7-11-18-45;/h7-32,34-36,38-43,68H,33H2,1-6H3;/q-1;. The van der Waals surface area contributed by atoms with Gasteiger partial charge in [0.15, 0.2) is 0 Å². The van der Waals surface area contributed by atoms with E-state index in [1.165, 1.54) is 16.7 Å². The normalized spacial score (nSPS) is 11.4. The Morgan fingerprint density at radius 2 is 1.12 bits per heavy atom. The molecule has 2 aromatic heterocycles. The Kier molecular flexibility index (Phi) is 13.8. The fourth-order valence-corrected chi connectivity index (χ4v) is 9.48. The van der Waals surface area contributed by atoms with Gasteiger partial charge in [0.25, 0.3) is 0 Å². The minimum atomic E-state index is 0. The van der Waals surface area contributed by atoms with Crippen molar-refractivity contribution in [3.8, 4) is 89.7 Å². The van der Waals surface area contributed by atoms with E-state index in [9.17, 15) is 5.11 Å². The molecular formula is C64H56N3OPt-. The number of phenols is 1. The number of aromatic nitrogens is 3. The van der Waals surface area contributed by atoms with Crippen LogP contribution in [0.4, 0.5) is 0 Å². The second-order valence-electron chi connectivity index (χ2n) is 19.0. The van der Waals surface area contributed by atoms with Crippen LogP contribution in [-0.2, 0) is 27.5 Å². The molecule has 10 rings (SSSR count). The van der Waals surface area contributed by atoms with Crippen molar-refractivity contribution >= 4 is 11.0 Å². The number of fused-ring (bicyclic) bond motifs is 1. The molecule has 0 spiro atoms. The molecule has 0 saturated heterocycles. The molecule has 0 atom stereocenters. The van der Waals surface area contributed by atoms with Gasteiger partial charge in [-0.3, -0.25) is 9.55 Å². The Balaban J connectivity index is 0.00000593. The van der Waals surface area contributed by atoms with Crippen LogP contribution in [0.25, 0.3) is 95.0 Å². The van der Waals surface area contributed by atoms with Crippen LogP contribution in [0, 0.1) is 12.0 Å². The number of rotatable bonds is 12. The van der Waals surface area contributed by atoms with Crippen LogP contribution in [0.5, 0.6) is 5.75 Å². The number of phenolic OH excluding ortho intramolecular Hbond substituents is 1. The Morgan fingerprint density at radius 3 is 1.75 bits per heavy atom. The number of hydrogen-bond acceptors (Lipinski definition) is 3. The van der Waals surface area contributed by atoms with E-state index < -0.39 is 0 Å². The van der Waals surface area contributed by atoms with Crippen LogP contribution in [0.2, 0.25) is 0 Å². The van der Waals surface area contributed by atoms with E-state index in [0.717, 1.165) is 90.0 Å². The third-order valence-corrected chi connectivity index (χ3v) is 13.0. The van der Waals surface area contributed by atoms with Gasteiger partial charge in [-0.2, -0.15) is 0 Å². The summed E-state index contributed by atoms with van der Waals surface area (Å²) in [4.78, 5) is 10.6. The van der Waals surface area contributed by atoms with E-state index in [0.29, 0.717) is 17.3 Å². The van der Waals surface area contributed by atoms with E-state index in [1.807, 2.05) is 12.3 Å². The van der Waals surface area contributed by atoms with Crippen molar-refractivity contribution in [3.63, 3.8) is 0 Å². The number of benzene rings is 8. The molecule has 4 nitrogen and oxygen atoms in total. The minimum Gasteiger partial charge on any atom is -0.507 e. The molecule has 10 aromatic rings. The van der Waals surface area contributed by atoms with Crippen molar-refractivity contribution in [1.29, 1.82) is 0 Å². The zero-order chi connectivity index (χ0) is 46.9. The van der Waals surface area contributed by atoms with E-state index in [4.69, 9.17) is 9.97 Å². The summed E-state index contributed by atoms with van der Waals surface area (Å²) in [5.41, 5.74) is 19.3. The van der Waals surface area contributed by atoms with Crippen molar-refractivity contribution in [2.75, 3.05) is 0 Å². The van der Waals surface area contributed by atoms with Crippen LogP contribution in [-0.4, -0.2) is 19.6 Å². The molecule has 2 heterocycles. The van der Waals surface area contributed by atoms with Crippen molar-refractivity contribution < 1.29 is 26.2 Å². The van der Waals surface area contributed by atoms with Crippen LogP contribution in [0.1, 0.15) is 70.1 Å². The molecule has 0 bridgehead atoms. The smallest absolute Gasteiger partial charge is 0.148 e. The number of para-hydroxylation sites is 1. The monoisotopic (exact) mass is 1080 g/mol. The largest absolute Gasteiger partial charge is 0.507 e. The molecule has 69 heavy (non-hydrogen) atoms. The fourth-order valence-electron chi connectivity index (χ4n) is 9.48.